The van der Waals surface area contributed by atoms with E-state index >= 15 is 0 Å². The number of carboxylic acids is 1. The Kier molecular flexibility index (Phi) is 5.32. The number of rotatable bonds is 6. The molecule has 0 unspecified atom stereocenters. The van der Waals surface area contributed by atoms with E-state index in [9.17, 15) is 4.79 Å². The van der Waals surface area contributed by atoms with Gasteiger partial charge in [0.15, 0.2) is 0 Å². The zero-order valence-electron chi connectivity index (χ0n) is 10.7. The van der Waals surface area contributed by atoms with Crippen LogP contribution in [0.5, 0.6) is 0 Å². The lowest BCUT2D eigenvalue weighted by molar-refractivity contribution is -0.140. The molecule has 2 rings (SSSR count). The minimum absolute atomic E-state index is 0.00820. The number of hydrogen-bond donors (Lipinski definition) is 1. The summed E-state index contributed by atoms with van der Waals surface area (Å²) in [4.78, 5) is 13.4. The Hall–Kier alpha value is -1.43. The first-order chi connectivity index (χ1) is 9.27. The van der Waals surface area contributed by atoms with Gasteiger partial charge in [-0.15, -0.1) is 0 Å². The maximum Gasteiger partial charge on any atom is 0.344 e. The van der Waals surface area contributed by atoms with Gasteiger partial charge in [0.05, 0.1) is 19.8 Å². The fourth-order valence-corrected chi connectivity index (χ4v) is 1.96. The van der Waals surface area contributed by atoms with Crippen molar-refractivity contribution < 1.29 is 19.4 Å². The minimum atomic E-state index is -1.03. The van der Waals surface area contributed by atoms with Crippen molar-refractivity contribution in [2.75, 3.05) is 39.5 Å². The molecule has 1 fully saturated rings. The van der Waals surface area contributed by atoms with E-state index in [-0.39, 0.29) is 6.10 Å². The molecule has 0 saturated carbocycles. The van der Waals surface area contributed by atoms with Crippen molar-refractivity contribution in [2.45, 2.75) is 0 Å². The lowest BCUT2D eigenvalue weighted by Gasteiger charge is -2.26. The van der Waals surface area contributed by atoms with Crippen molar-refractivity contribution in [1.82, 2.24) is 4.90 Å². The summed E-state index contributed by atoms with van der Waals surface area (Å²) in [5.41, 5.74) is 0.594. The van der Waals surface area contributed by atoms with Crippen LogP contribution in [-0.2, 0) is 14.3 Å². The van der Waals surface area contributed by atoms with Gasteiger partial charge in [-0.2, -0.15) is 0 Å². The van der Waals surface area contributed by atoms with Crippen LogP contribution in [-0.4, -0.2) is 55.4 Å². The third kappa shape index (κ3) is 4.31. The van der Waals surface area contributed by atoms with Gasteiger partial charge in [0.2, 0.25) is 6.10 Å². The van der Waals surface area contributed by atoms with Gasteiger partial charge in [-0.05, 0) is 5.56 Å². The van der Waals surface area contributed by atoms with Gasteiger partial charge in [0, 0.05) is 19.6 Å². The highest BCUT2D eigenvalue weighted by Crippen LogP contribution is 2.16. The maximum absolute atomic E-state index is 11.2. The predicted molar refractivity (Wildman–Crippen MR) is 69.6 cm³/mol. The van der Waals surface area contributed by atoms with Gasteiger partial charge in [-0.1, -0.05) is 30.3 Å². The summed E-state index contributed by atoms with van der Waals surface area (Å²) in [6.07, 6.45) is 0.00820. The molecule has 1 saturated heterocycles. The summed E-state index contributed by atoms with van der Waals surface area (Å²) < 4.78 is 10.7. The monoisotopic (exact) mass is 264 g/mol. The van der Waals surface area contributed by atoms with Crippen molar-refractivity contribution in [1.29, 1.82) is 0 Å². The zero-order valence-corrected chi connectivity index (χ0v) is 10.7. The minimum Gasteiger partial charge on any atom is -0.479 e. The standard InChI is InChI=1S/C14H18NO4/c16-14(17)13(12-4-2-1-3-5-12)19-11-8-15-6-9-18-10-7-15/h1-5H,6-11H2,(H,16,17). The number of carbonyl (C=O) groups is 1. The molecule has 19 heavy (non-hydrogen) atoms. The van der Waals surface area contributed by atoms with E-state index < -0.39 is 5.97 Å². The molecule has 0 amide bonds. The SMILES string of the molecule is O=C(O)[C](OCCN1CCOCC1)c1ccccc1. The highest BCUT2D eigenvalue weighted by Gasteiger charge is 2.22. The van der Waals surface area contributed by atoms with Gasteiger partial charge < -0.3 is 14.6 Å². The number of ether oxygens (including phenoxy) is 2. The molecule has 0 atom stereocenters. The van der Waals surface area contributed by atoms with Gasteiger partial charge >= 0.3 is 5.97 Å². The topological polar surface area (TPSA) is 59.0 Å². The quantitative estimate of drug-likeness (QED) is 0.830. The van der Waals surface area contributed by atoms with E-state index in [4.69, 9.17) is 14.6 Å². The van der Waals surface area contributed by atoms with Gasteiger partial charge in [0.25, 0.3) is 0 Å². The van der Waals surface area contributed by atoms with Crippen LogP contribution in [0.3, 0.4) is 0 Å². The first-order valence-electron chi connectivity index (χ1n) is 6.36. The van der Waals surface area contributed by atoms with Crippen LogP contribution in [0.2, 0.25) is 0 Å². The summed E-state index contributed by atoms with van der Waals surface area (Å²) >= 11 is 0. The third-order valence-electron chi connectivity index (χ3n) is 2.99. The van der Waals surface area contributed by atoms with E-state index in [0.29, 0.717) is 18.7 Å². The molecule has 0 bridgehead atoms. The fraction of sp³-hybridized carbons (Fsp3) is 0.429. The summed E-state index contributed by atoms with van der Waals surface area (Å²) in [6, 6.07) is 8.90. The van der Waals surface area contributed by atoms with Crippen LogP contribution in [0, 0.1) is 6.10 Å². The average molecular weight is 264 g/mol. The molecule has 1 aromatic carbocycles. The number of nitrogens with zero attached hydrogens (tertiary/aromatic N) is 1. The number of benzene rings is 1. The summed E-state index contributed by atoms with van der Waals surface area (Å²) in [5.74, 6) is -1.03. The predicted octanol–water partition coefficient (Wildman–Crippen LogP) is 1.00. The normalized spacial score (nSPS) is 16.7. The Bertz CT molecular complexity index is 390. The van der Waals surface area contributed by atoms with Gasteiger partial charge in [-0.3, -0.25) is 4.90 Å². The smallest absolute Gasteiger partial charge is 0.344 e. The van der Waals surface area contributed by atoms with Crippen molar-refractivity contribution in [3.05, 3.63) is 42.0 Å². The lowest BCUT2D eigenvalue weighted by Crippen LogP contribution is -2.38. The molecule has 0 spiro atoms. The average Bonchev–Trinajstić information content (AvgIpc) is 2.45. The van der Waals surface area contributed by atoms with Crippen LogP contribution in [0.4, 0.5) is 0 Å². The molecule has 0 aromatic heterocycles. The molecule has 103 valence electrons. The van der Waals surface area contributed by atoms with Crippen molar-refractivity contribution in [2.24, 2.45) is 0 Å². The largest absolute Gasteiger partial charge is 0.479 e. The van der Waals surface area contributed by atoms with Crippen LogP contribution >= 0.6 is 0 Å². The first kappa shape index (κ1) is 14.0. The van der Waals surface area contributed by atoms with Gasteiger partial charge in [-0.25, -0.2) is 4.79 Å². The molecular weight excluding hydrogens is 246 g/mol. The molecular formula is C14H18NO4. The highest BCUT2D eigenvalue weighted by atomic mass is 16.5. The second-order valence-corrected chi connectivity index (χ2v) is 4.30. The number of hydrogen-bond acceptors (Lipinski definition) is 4. The van der Waals surface area contributed by atoms with Crippen LogP contribution in [0.15, 0.2) is 30.3 Å². The maximum atomic E-state index is 11.2. The molecule has 1 aromatic rings. The fourth-order valence-electron chi connectivity index (χ4n) is 1.96. The molecule has 0 aliphatic carbocycles. The molecule has 5 heteroatoms. The highest BCUT2D eigenvalue weighted by molar-refractivity contribution is 5.85. The van der Waals surface area contributed by atoms with Crippen LogP contribution in [0.25, 0.3) is 0 Å². The van der Waals surface area contributed by atoms with E-state index in [1.165, 1.54) is 0 Å². The second kappa shape index (κ2) is 7.23. The summed E-state index contributed by atoms with van der Waals surface area (Å²) in [7, 11) is 0. The molecule has 1 aliphatic rings. The molecule has 1 radical (unpaired) electrons. The Balaban J connectivity index is 1.82. The van der Waals surface area contributed by atoms with E-state index in [1.54, 1.807) is 24.3 Å². The van der Waals surface area contributed by atoms with E-state index in [2.05, 4.69) is 4.90 Å². The Morgan fingerprint density at radius 2 is 1.95 bits per heavy atom. The molecule has 1 heterocycles. The third-order valence-corrected chi connectivity index (χ3v) is 2.99. The Labute approximate surface area is 112 Å². The van der Waals surface area contributed by atoms with Crippen LogP contribution < -0.4 is 0 Å². The Morgan fingerprint density at radius 3 is 2.58 bits per heavy atom. The zero-order chi connectivity index (χ0) is 13.5. The Morgan fingerprint density at radius 1 is 1.26 bits per heavy atom. The summed E-state index contributed by atoms with van der Waals surface area (Å²) in [6.45, 7) is 4.29. The van der Waals surface area contributed by atoms with E-state index in [1.807, 2.05) is 6.07 Å². The van der Waals surface area contributed by atoms with Crippen molar-refractivity contribution in [3.63, 3.8) is 0 Å². The summed E-state index contributed by atoms with van der Waals surface area (Å²) in [5, 5.41) is 9.17. The number of morpholine rings is 1. The van der Waals surface area contributed by atoms with Crippen molar-refractivity contribution in [3.8, 4) is 0 Å². The molecule has 5 nitrogen and oxygen atoms in total. The van der Waals surface area contributed by atoms with E-state index in [0.717, 1.165) is 26.3 Å². The number of aliphatic carboxylic acids is 1. The molecule has 1 N–H and O–H groups in total. The van der Waals surface area contributed by atoms with Crippen molar-refractivity contribution >= 4 is 5.97 Å². The first-order valence-corrected chi connectivity index (χ1v) is 6.36. The van der Waals surface area contributed by atoms with Gasteiger partial charge in [0.1, 0.15) is 0 Å². The molecule has 1 aliphatic heterocycles. The second-order valence-electron chi connectivity index (χ2n) is 4.30. The lowest BCUT2D eigenvalue weighted by atomic mass is 10.1. The number of carboxylic acid groups (broad SMARTS) is 1. The van der Waals surface area contributed by atoms with Crippen LogP contribution in [0.1, 0.15) is 5.56 Å².